The number of hydrogen-bond acceptors (Lipinski definition) is 5. The van der Waals surface area contributed by atoms with E-state index in [0.29, 0.717) is 47.5 Å². The van der Waals surface area contributed by atoms with Crippen LogP contribution in [0.15, 0.2) is 36.5 Å². The average molecular weight is 383 g/mol. The van der Waals surface area contributed by atoms with Crippen LogP contribution in [0.4, 0.5) is 16.3 Å². The molecule has 1 unspecified atom stereocenters. The minimum atomic E-state index is -0.396. The maximum Gasteiger partial charge on any atom is 0.324 e. The first-order valence-corrected chi connectivity index (χ1v) is 9.34. The summed E-state index contributed by atoms with van der Waals surface area (Å²) in [5.41, 5.74) is 1.51. The monoisotopic (exact) mass is 383 g/mol. The Hall–Kier alpha value is -3.09. The average Bonchev–Trinajstić information content (AvgIpc) is 2.69. The van der Waals surface area contributed by atoms with Crippen molar-refractivity contribution in [1.29, 1.82) is 0 Å². The molecule has 0 saturated heterocycles. The first kappa shape index (κ1) is 19.7. The molecule has 0 aliphatic heterocycles. The molecule has 2 amide bonds. The van der Waals surface area contributed by atoms with Gasteiger partial charge in [0, 0.05) is 30.8 Å². The molecule has 1 aromatic heterocycles. The molecule has 3 rings (SSSR count). The molecule has 1 saturated carbocycles. The van der Waals surface area contributed by atoms with Crippen molar-refractivity contribution in [1.82, 2.24) is 4.98 Å². The molecule has 1 atom stereocenters. The van der Waals surface area contributed by atoms with Crippen molar-refractivity contribution < 1.29 is 19.1 Å². The molecule has 0 radical (unpaired) electrons. The lowest BCUT2D eigenvalue weighted by molar-refractivity contribution is -0.121. The van der Waals surface area contributed by atoms with Crippen LogP contribution in [0.3, 0.4) is 0 Å². The minimum absolute atomic E-state index is 0.305. The van der Waals surface area contributed by atoms with E-state index in [-0.39, 0.29) is 0 Å². The maximum absolute atomic E-state index is 12.4. The number of urea groups is 1. The predicted molar refractivity (Wildman–Crippen MR) is 107 cm³/mol. The van der Waals surface area contributed by atoms with E-state index in [1.54, 1.807) is 31.5 Å². The molecular formula is C21H25N3O4. The van der Waals surface area contributed by atoms with Crippen LogP contribution in [0.1, 0.15) is 31.2 Å². The Labute approximate surface area is 164 Å². The van der Waals surface area contributed by atoms with E-state index in [9.17, 15) is 9.59 Å². The number of carbonyl (C=O) groups excluding carboxylic acids is 2. The number of nitrogens with one attached hydrogen (secondary N) is 2. The van der Waals surface area contributed by atoms with Gasteiger partial charge in [-0.05, 0) is 48.9 Å². The number of pyridine rings is 1. The second-order valence-corrected chi connectivity index (χ2v) is 6.87. The van der Waals surface area contributed by atoms with Gasteiger partial charge in [0.2, 0.25) is 0 Å². The quantitative estimate of drug-likeness (QED) is 0.786. The second kappa shape index (κ2) is 9.21. The standard InChI is InChI=1S/C21H25N3O4/c1-27-18-9-8-16(13-19(18)28-2)23-21(26)24-20-15(6-4-10-22-20)11-14-5-3-7-17(25)12-14/h4,6,8-10,13-14H,3,5,7,11-12H2,1-2H3,(H2,22,23,24,26). The number of hydrogen-bond donors (Lipinski definition) is 2. The molecule has 0 bridgehead atoms. The van der Waals surface area contributed by atoms with E-state index >= 15 is 0 Å². The molecular weight excluding hydrogens is 358 g/mol. The highest BCUT2D eigenvalue weighted by molar-refractivity contribution is 5.99. The predicted octanol–water partition coefficient (Wildman–Crippen LogP) is 4.04. The number of aromatic nitrogens is 1. The van der Waals surface area contributed by atoms with Gasteiger partial charge in [0.1, 0.15) is 11.6 Å². The molecule has 7 nitrogen and oxygen atoms in total. The molecule has 1 aromatic carbocycles. The van der Waals surface area contributed by atoms with Crippen LogP contribution in [0.2, 0.25) is 0 Å². The van der Waals surface area contributed by atoms with Gasteiger partial charge in [-0.2, -0.15) is 0 Å². The van der Waals surface area contributed by atoms with Gasteiger partial charge < -0.3 is 14.8 Å². The first-order chi connectivity index (χ1) is 13.6. The molecule has 2 N–H and O–H groups in total. The summed E-state index contributed by atoms with van der Waals surface area (Å²) in [6.45, 7) is 0. The van der Waals surface area contributed by atoms with Crippen molar-refractivity contribution in [2.45, 2.75) is 32.1 Å². The molecule has 148 valence electrons. The fourth-order valence-electron chi connectivity index (χ4n) is 3.50. The molecule has 1 heterocycles. The number of nitrogens with zero attached hydrogens (tertiary/aromatic N) is 1. The summed E-state index contributed by atoms with van der Waals surface area (Å²) in [7, 11) is 3.10. The van der Waals surface area contributed by atoms with Gasteiger partial charge >= 0.3 is 6.03 Å². The molecule has 1 aliphatic carbocycles. The zero-order chi connectivity index (χ0) is 19.9. The lowest BCUT2D eigenvalue weighted by Crippen LogP contribution is -2.22. The van der Waals surface area contributed by atoms with Crippen molar-refractivity contribution in [3.8, 4) is 11.5 Å². The lowest BCUT2D eigenvalue weighted by atomic mass is 9.84. The number of amides is 2. The van der Waals surface area contributed by atoms with Crippen molar-refractivity contribution >= 4 is 23.3 Å². The van der Waals surface area contributed by atoms with Crippen LogP contribution < -0.4 is 20.1 Å². The largest absolute Gasteiger partial charge is 0.493 e. The van der Waals surface area contributed by atoms with E-state index < -0.39 is 6.03 Å². The minimum Gasteiger partial charge on any atom is -0.493 e. The Bertz CT molecular complexity index is 853. The summed E-state index contributed by atoms with van der Waals surface area (Å²) in [6, 6.07) is 8.53. The SMILES string of the molecule is COc1ccc(NC(=O)Nc2ncccc2CC2CCCC(=O)C2)cc1OC. The second-order valence-electron chi connectivity index (χ2n) is 6.87. The van der Waals surface area contributed by atoms with Gasteiger partial charge in [-0.1, -0.05) is 6.07 Å². The van der Waals surface area contributed by atoms with Crippen LogP contribution in [-0.4, -0.2) is 31.0 Å². The Morgan fingerprint density at radius 3 is 2.75 bits per heavy atom. The lowest BCUT2D eigenvalue weighted by Gasteiger charge is -2.21. The van der Waals surface area contributed by atoms with E-state index in [2.05, 4.69) is 15.6 Å². The van der Waals surface area contributed by atoms with Crippen LogP contribution in [-0.2, 0) is 11.2 Å². The van der Waals surface area contributed by atoms with Gasteiger partial charge in [-0.3, -0.25) is 10.1 Å². The number of Topliss-reactive ketones (excluding diaryl/α,β-unsaturated/α-hetero) is 1. The highest BCUT2D eigenvalue weighted by Gasteiger charge is 2.21. The molecule has 2 aromatic rings. The molecule has 0 spiro atoms. The van der Waals surface area contributed by atoms with Gasteiger partial charge in [0.25, 0.3) is 0 Å². The number of methoxy groups -OCH3 is 2. The van der Waals surface area contributed by atoms with Crippen molar-refractivity contribution in [2.75, 3.05) is 24.9 Å². The van der Waals surface area contributed by atoms with Crippen molar-refractivity contribution in [3.05, 3.63) is 42.1 Å². The number of rotatable bonds is 6. The highest BCUT2D eigenvalue weighted by atomic mass is 16.5. The summed E-state index contributed by atoms with van der Waals surface area (Å²) < 4.78 is 10.5. The van der Waals surface area contributed by atoms with Crippen LogP contribution in [0.25, 0.3) is 0 Å². The van der Waals surface area contributed by atoms with Gasteiger partial charge in [0.15, 0.2) is 11.5 Å². The zero-order valence-corrected chi connectivity index (χ0v) is 16.2. The smallest absolute Gasteiger partial charge is 0.324 e. The number of ether oxygens (including phenoxy) is 2. The number of carbonyl (C=O) groups is 2. The highest BCUT2D eigenvalue weighted by Crippen LogP contribution is 2.30. The van der Waals surface area contributed by atoms with E-state index in [1.165, 1.54) is 7.11 Å². The van der Waals surface area contributed by atoms with Crippen LogP contribution in [0, 0.1) is 5.92 Å². The number of anilines is 2. The van der Waals surface area contributed by atoms with E-state index in [1.807, 2.05) is 12.1 Å². The fourth-order valence-corrected chi connectivity index (χ4v) is 3.50. The van der Waals surface area contributed by atoms with E-state index in [0.717, 1.165) is 24.8 Å². The zero-order valence-electron chi connectivity index (χ0n) is 16.2. The molecule has 7 heteroatoms. The van der Waals surface area contributed by atoms with Crippen molar-refractivity contribution in [2.24, 2.45) is 5.92 Å². The number of ketones is 1. The molecule has 1 fully saturated rings. The molecule has 28 heavy (non-hydrogen) atoms. The summed E-state index contributed by atoms with van der Waals surface area (Å²) in [5.74, 6) is 2.25. The summed E-state index contributed by atoms with van der Waals surface area (Å²) in [5, 5.41) is 5.58. The Morgan fingerprint density at radius 1 is 1.18 bits per heavy atom. The van der Waals surface area contributed by atoms with Crippen molar-refractivity contribution in [3.63, 3.8) is 0 Å². The third-order valence-electron chi connectivity index (χ3n) is 4.86. The fraction of sp³-hybridized carbons (Fsp3) is 0.381. The van der Waals surface area contributed by atoms with E-state index in [4.69, 9.17) is 9.47 Å². The first-order valence-electron chi connectivity index (χ1n) is 9.34. The summed E-state index contributed by atoms with van der Waals surface area (Å²) in [4.78, 5) is 28.5. The Kier molecular flexibility index (Phi) is 6.47. The maximum atomic E-state index is 12.4. The summed E-state index contributed by atoms with van der Waals surface area (Å²) in [6.07, 6.45) is 5.62. The van der Waals surface area contributed by atoms with Gasteiger partial charge in [-0.25, -0.2) is 9.78 Å². The Balaban J connectivity index is 1.66. The Morgan fingerprint density at radius 2 is 2.00 bits per heavy atom. The third-order valence-corrected chi connectivity index (χ3v) is 4.86. The normalized spacial score (nSPS) is 16.4. The molecule has 1 aliphatic rings. The van der Waals surface area contributed by atoms with Gasteiger partial charge in [-0.15, -0.1) is 0 Å². The van der Waals surface area contributed by atoms with Gasteiger partial charge in [0.05, 0.1) is 14.2 Å². The topological polar surface area (TPSA) is 89.5 Å². The van der Waals surface area contributed by atoms with Crippen LogP contribution in [0.5, 0.6) is 11.5 Å². The summed E-state index contributed by atoms with van der Waals surface area (Å²) >= 11 is 0. The van der Waals surface area contributed by atoms with Crippen LogP contribution >= 0.6 is 0 Å². The number of benzene rings is 1. The third kappa shape index (κ3) is 5.00.